The number of hydrogen-bond donors (Lipinski definition) is 3. The van der Waals surface area contributed by atoms with Crippen molar-refractivity contribution in [3.05, 3.63) is 35.5 Å². The fourth-order valence-electron chi connectivity index (χ4n) is 5.01. The molecule has 3 N–H and O–H groups in total. The van der Waals surface area contributed by atoms with Gasteiger partial charge in [0.05, 0.1) is 0 Å². The van der Waals surface area contributed by atoms with E-state index in [2.05, 4.69) is 52.0 Å². The average Bonchev–Trinajstić information content (AvgIpc) is 3.05. The Morgan fingerprint density at radius 3 is 3.04 bits per heavy atom. The molecule has 0 spiro atoms. The van der Waals surface area contributed by atoms with Crippen LogP contribution < -0.4 is 10.6 Å². The van der Waals surface area contributed by atoms with Gasteiger partial charge in [-0.05, 0) is 55.2 Å². The monoisotopic (exact) mass is 386 g/mol. The van der Waals surface area contributed by atoms with Crippen LogP contribution in [-0.2, 0) is 21.6 Å². The highest BCUT2D eigenvalue weighted by Crippen LogP contribution is 2.49. The Morgan fingerprint density at radius 2 is 2.30 bits per heavy atom. The van der Waals surface area contributed by atoms with Crippen LogP contribution in [0.25, 0.3) is 10.9 Å². The molecule has 7 heteroatoms. The Bertz CT molecular complexity index is 895. The van der Waals surface area contributed by atoms with E-state index in [0.29, 0.717) is 23.6 Å². The van der Waals surface area contributed by atoms with Crippen molar-refractivity contribution < 1.29 is 9.53 Å². The first-order chi connectivity index (χ1) is 12.9. The lowest BCUT2D eigenvalue weighted by atomic mass is 9.68. The molecule has 0 saturated carbocycles. The molecule has 0 bridgehead atoms. The Labute approximate surface area is 164 Å². The fourth-order valence-corrected chi connectivity index (χ4v) is 5.24. The maximum Gasteiger partial charge on any atom is 0.222 e. The minimum Gasteiger partial charge on any atom is -0.372 e. The molecule has 144 valence electrons. The Balaban J connectivity index is 1.64. The number of nitrogens with zero attached hydrogens (tertiary/aromatic N) is 1. The number of aromatic nitrogens is 1. The summed E-state index contributed by atoms with van der Waals surface area (Å²) < 4.78 is 6.29. The zero-order valence-electron chi connectivity index (χ0n) is 16.0. The molecule has 1 saturated heterocycles. The van der Waals surface area contributed by atoms with E-state index < -0.39 is 0 Å². The van der Waals surface area contributed by atoms with E-state index >= 15 is 0 Å². The van der Waals surface area contributed by atoms with E-state index in [4.69, 9.17) is 17.0 Å². The lowest BCUT2D eigenvalue weighted by Gasteiger charge is -2.53. The van der Waals surface area contributed by atoms with Crippen LogP contribution in [-0.4, -0.2) is 54.2 Å². The number of ether oxygens (including phenoxy) is 1. The SMILES string of the molecule is CO[C@]12C[C@@H](CNC(=S)NC(C)=O)CN(C)[C@@H]1Cc1c[nH]c3cccc2c13. The molecule has 2 heterocycles. The van der Waals surface area contributed by atoms with E-state index in [1.54, 1.807) is 0 Å². The van der Waals surface area contributed by atoms with Gasteiger partial charge in [0.2, 0.25) is 5.91 Å². The molecule has 2 aliphatic rings. The molecular formula is C20H26N4O2S. The van der Waals surface area contributed by atoms with Crippen LogP contribution in [0.2, 0.25) is 0 Å². The molecule has 3 atom stereocenters. The number of amides is 1. The number of benzene rings is 1. The molecule has 1 amide bonds. The summed E-state index contributed by atoms with van der Waals surface area (Å²) in [6, 6.07) is 6.74. The Kier molecular flexibility index (Phi) is 4.70. The summed E-state index contributed by atoms with van der Waals surface area (Å²) in [4.78, 5) is 17.0. The number of thiocarbonyl (C=S) groups is 1. The molecule has 1 fully saturated rings. The number of rotatable bonds is 3. The second-order valence-corrected chi connectivity index (χ2v) is 8.16. The van der Waals surface area contributed by atoms with Crippen LogP contribution in [0, 0.1) is 5.92 Å². The molecule has 1 aliphatic carbocycles. The number of methoxy groups -OCH3 is 1. The van der Waals surface area contributed by atoms with Crippen LogP contribution in [0.5, 0.6) is 0 Å². The van der Waals surface area contributed by atoms with Crippen LogP contribution in [0.3, 0.4) is 0 Å². The molecule has 0 unspecified atom stereocenters. The third-order valence-electron chi connectivity index (χ3n) is 6.07. The van der Waals surface area contributed by atoms with Gasteiger partial charge in [0.1, 0.15) is 5.60 Å². The molecule has 2 aromatic rings. The van der Waals surface area contributed by atoms with Gasteiger partial charge in [0, 0.05) is 50.3 Å². The van der Waals surface area contributed by atoms with Crippen LogP contribution >= 0.6 is 12.2 Å². The molecule has 0 radical (unpaired) electrons. The normalized spacial score (nSPS) is 27.2. The zero-order chi connectivity index (χ0) is 19.2. The van der Waals surface area contributed by atoms with Crippen molar-refractivity contribution in [2.45, 2.75) is 31.4 Å². The maximum absolute atomic E-state index is 11.2. The molecule has 1 aliphatic heterocycles. The number of hydrogen-bond acceptors (Lipinski definition) is 4. The summed E-state index contributed by atoms with van der Waals surface area (Å²) in [6.07, 6.45) is 4.03. The van der Waals surface area contributed by atoms with Gasteiger partial charge in [-0.15, -0.1) is 0 Å². The minimum absolute atomic E-state index is 0.152. The van der Waals surface area contributed by atoms with Gasteiger partial charge in [0.25, 0.3) is 0 Å². The average molecular weight is 387 g/mol. The van der Waals surface area contributed by atoms with E-state index in [1.165, 1.54) is 29.0 Å². The summed E-state index contributed by atoms with van der Waals surface area (Å²) in [7, 11) is 4.00. The molecule has 27 heavy (non-hydrogen) atoms. The summed E-state index contributed by atoms with van der Waals surface area (Å²) >= 11 is 5.20. The molecule has 1 aromatic heterocycles. The number of aromatic amines is 1. The number of carbonyl (C=O) groups is 1. The van der Waals surface area contributed by atoms with Gasteiger partial charge in [0.15, 0.2) is 5.11 Å². The van der Waals surface area contributed by atoms with Crippen molar-refractivity contribution in [1.82, 2.24) is 20.5 Å². The number of likely N-dealkylation sites (N-methyl/N-ethyl adjacent to an activating group) is 1. The van der Waals surface area contributed by atoms with Crippen molar-refractivity contribution >= 4 is 34.1 Å². The number of H-pyrrole nitrogens is 1. The Hall–Kier alpha value is -1.96. The first-order valence-corrected chi connectivity index (χ1v) is 9.75. The van der Waals surface area contributed by atoms with Gasteiger partial charge in [-0.25, -0.2) is 0 Å². The second-order valence-electron chi connectivity index (χ2n) is 7.76. The van der Waals surface area contributed by atoms with Crippen LogP contribution in [0.1, 0.15) is 24.5 Å². The van der Waals surface area contributed by atoms with Crippen molar-refractivity contribution in [3.63, 3.8) is 0 Å². The predicted molar refractivity (Wildman–Crippen MR) is 110 cm³/mol. The Morgan fingerprint density at radius 1 is 1.48 bits per heavy atom. The highest BCUT2D eigenvalue weighted by atomic mass is 32.1. The highest BCUT2D eigenvalue weighted by molar-refractivity contribution is 7.80. The van der Waals surface area contributed by atoms with Gasteiger partial charge in [-0.2, -0.15) is 0 Å². The van der Waals surface area contributed by atoms with E-state index in [9.17, 15) is 4.79 Å². The number of piperidine rings is 1. The van der Waals surface area contributed by atoms with E-state index in [-0.39, 0.29) is 11.5 Å². The van der Waals surface area contributed by atoms with E-state index in [1.807, 2.05) is 7.11 Å². The standard InChI is InChI=1S/C20H26N4O2S/c1-12(25)23-19(27)22-9-13-8-20(26-3)15-5-4-6-16-18(15)14(10-21-16)7-17(20)24(2)11-13/h4-6,10,13,17,21H,7-9,11H2,1-3H3,(H2,22,23,25,27)/t13-,17+,20-/m0/s1. The van der Waals surface area contributed by atoms with Gasteiger partial charge >= 0.3 is 0 Å². The van der Waals surface area contributed by atoms with Crippen LogP contribution in [0.15, 0.2) is 24.4 Å². The first kappa shape index (κ1) is 18.4. The third kappa shape index (κ3) is 3.03. The van der Waals surface area contributed by atoms with Gasteiger partial charge in [-0.1, -0.05) is 12.1 Å². The summed E-state index contributed by atoms with van der Waals surface area (Å²) in [5.74, 6) is 0.203. The van der Waals surface area contributed by atoms with Crippen molar-refractivity contribution in [3.8, 4) is 0 Å². The van der Waals surface area contributed by atoms with Crippen molar-refractivity contribution in [1.29, 1.82) is 0 Å². The quantitative estimate of drug-likeness (QED) is 0.703. The lowest BCUT2D eigenvalue weighted by Crippen LogP contribution is -2.60. The number of nitrogens with one attached hydrogen (secondary N) is 3. The number of fused-ring (bicyclic) bond motifs is 2. The largest absolute Gasteiger partial charge is 0.372 e. The van der Waals surface area contributed by atoms with Gasteiger partial charge < -0.3 is 20.4 Å². The molecule has 1 aromatic carbocycles. The van der Waals surface area contributed by atoms with Gasteiger partial charge in [-0.3, -0.25) is 9.69 Å². The summed E-state index contributed by atoms with van der Waals surface area (Å²) in [5.41, 5.74) is 3.47. The molecule has 4 rings (SSSR count). The fraction of sp³-hybridized carbons (Fsp3) is 0.500. The van der Waals surface area contributed by atoms with Crippen LogP contribution in [0.4, 0.5) is 0 Å². The first-order valence-electron chi connectivity index (χ1n) is 9.35. The van der Waals surface area contributed by atoms with Crippen molar-refractivity contribution in [2.75, 3.05) is 27.2 Å². The maximum atomic E-state index is 11.2. The minimum atomic E-state index is -0.344. The summed E-state index contributed by atoms with van der Waals surface area (Å²) in [6.45, 7) is 3.13. The topological polar surface area (TPSA) is 69.4 Å². The summed E-state index contributed by atoms with van der Waals surface area (Å²) in [5, 5.41) is 7.52. The molecular weight excluding hydrogens is 360 g/mol. The second kappa shape index (κ2) is 6.89. The number of carbonyl (C=O) groups excluding carboxylic acids is 1. The smallest absolute Gasteiger partial charge is 0.222 e. The highest BCUT2D eigenvalue weighted by Gasteiger charge is 2.51. The number of likely N-dealkylation sites (tertiary alicyclic amines) is 1. The third-order valence-corrected chi connectivity index (χ3v) is 6.32. The van der Waals surface area contributed by atoms with Crippen molar-refractivity contribution in [2.24, 2.45) is 5.92 Å². The molecule has 6 nitrogen and oxygen atoms in total. The lowest BCUT2D eigenvalue weighted by molar-refractivity contribution is -0.124. The van der Waals surface area contributed by atoms with E-state index in [0.717, 1.165) is 19.4 Å². The predicted octanol–water partition coefficient (Wildman–Crippen LogP) is 1.90. The zero-order valence-corrected chi connectivity index (χ0v) is 16.8.